The van der Waals surface area contributed by atoms with Crippen molar-refractivity contribution >= 4 is 14.9 Å². The summed E-state index contributed by atoms with van der Waals surface area (Å²) in [5.74, 6) is 0. The molecule has 1 nitrogen and oxygen atoms in total. The monoisotopic (exact) mass is 149 g/mol. The van der Waals surface area contributed by atoms with Gasteiger partial charge < -0.3 is 0 Å². The third-order valence-electron chi connectivity index (χ3n) is 0.800. The Bertz CT molecular complexity index is 28.5. The van der Waals surface area contributed by atoms with Crippen molar-refractivity contribution in [2.24, 2.45) is 0 Å². The van der Waals surface area contributed by atoms with Gasteiger partial charge in [0, 0.05) is 0 Å². The summed E-state index contributed by atoms with van der Waals surface area (Å²) in [5.41, 5.74) is 4.62. The van der Waals surface area contributed by atoms with Crippen molar-refractivity contribution in [3.63, 3.8) is 0 Å². The summed E-state index contributed by atoms with van der Waals surface area (Å²) in [4.78, 5) is 0. The molecule has 0 amide bonds. The van der Waals surface area contributed by atoms with Crippen LogP contribution in [0.3, 0.4) is 0 Å². The molecule has 0 N–H and O–H groups in total. The van der Waals surface area contributed by atoms with Crippen molar-refractivity contribution in [3.05, 3.63) is 0 Å². The fraction of sp³-hybridized carbons (Fsp3) is 1.00. The number of nitrogens with zero attached hydrogens (tertiary/aromatic N) is 1. The van der Waals surface area contributed by atoms with Gasteiger partial charge in [0.05, 0.1) is 0 Å². The van der Waals surface area contributed by atoms with Crippen molar-refractivity contribution in [1.29, 1.82) is 0 Å². The molecule has 0 atom stereocenters. The zero-order chi connectivity index (χ0) is 5.15. The molecule has 0 aliphatic carbocycles. The molecule has 0 aliphatic rings. The summed E-state index contributed by atoms with van der Waals surface area (Å²) in [6.45, 7) is 0. The molecule has 0 aliphatic heterocycles. The molecule has 38 valence electrons. The van der Waals surface area contributed by atoms with Crippen LogP contribution in [0, 0.1) is 0 Å². The quantitative estimate of drug-likeness (QED) is 0.498. The number of hydrogen-bond donors (Lipinski definition) is 0. The maximum absolute atomic E-state index is 2.31. The SMILES string of the molecule is CN(C)[As](C)C. The van der Waals surface area contributed by atoms with Crippen molar-refractivity contribution < 1.29 is 0 Å². The second-order valence-electron chi connectivity index (χ2n) is 1.69. The molecular formula is C4H12AsN. The van der Waals surface area contributed by atoms with Crippen molar-refractivity contribution in [2.75, 3.05) is 14.1 Å². The summed E-state index contributed by atoms with van der Waals surface area (Å²) >= 11 is -0.465. The molecule has 0 saturated heterocycles. The van der Waals surface area contributed by atoms with Gasteiger partial charge in [0.25, 0.3) is 0 Å². The van der Waals surface area contributed by atoms with Crippen molar-refractivity contribution in [1.82, 2.24) is 3.82 Å². The van der Waals surface area contributed by atoms with Crippen LogP contribution in [0.1, 0.15) is 0 Å². The Labute approximate surface area is 44.8 Å². The van der Waals surface area contributed by atoms with Gasteiger partial charge in [-0.2, -0.15) is 0 Å². The molecule has 0 radical (unpaired) electrons. The fourth-order valence-corrected chi connectivity index (χ4v) is 0. The summed E-state index contributed by atoms with van der Waals surface area (Å²) in [6, 6.07) is 0. The second kappa shape index (κ2) is 2.65. The van der Waals surface area contributed by atoms with Gasteiger partial charge >= 0.3 is 44.2 Å². The van der Waals surface area contributed by atoms with Gasteiger partial charge in [-0.1, -0.05) is 0 Å². The summed E-state index contributed by atoms with van der Waals surface area (Å²) < 4.78 is 2.31. The van der Waals surface area contributed by atoms with E-state index in [0.29, 0.717) is 0 Å². The van der Waals surface area contributed by atoms with E-state index in [9.17, 15) is 0 Å². The second-order valence-corrected chi connectivity index (χ2v) is 6.93. The van der Waals surface area contributed by atoms with E-state index in [1.54, 1.807) is 0 Å². The zero-order valence-electron chi connectivity index (χ0n) is 4.89. The van der Waals surface area contributed by atoms with Crippen LogP contribution in [-0.4, -0.2) is 32.8 Å². The predicted octanol–water partition coefficient (Wildman–Crippen LogP) is 0.799. The molecule has 0 saturated carbocycles. The summed E-state index contributed by atoms with van der Waals surface area (Å²) in [7, 11) is 4.28. The average Bonchev–Trinajstić information content (AvgIpc) is 1.36. The van der Waals surface area contributed by atoms with E-state index in [0.717, 1.165) is 0 Å². The Balaban J connectivity index is 2.99. The fourth-order valence-electron chi connectivity index (χ4n) is 0. The first kappa shape index (κ1) is 6.52. The Hall–Kier alpha value is 0.518. The first-order valence-electron chi connectivity index (χ1n) is 1.99. The van der Waals surface area contributed by atoms with Crippen LogP contribution >= 0.6 is 0 Å². The molecule has 0 bridgehead atoms. The molecular weight excluding hydrogens is 137 g/mol. The van der Waals surface area contributed by atoms with E-state index >= 15 is 0 Å². The Morgan fingerprint density at radius 3 is 1.33 bits per heavy atom. The van der Waals surface area contributed by atoms with Crippen molar-refractivity contribution in [3.8, 4) is 0 Å². The van der Waals surface area contributed by atoms with E-state index in [1.165, 1.54) is 0 Å². The minimum atomic E-state index is -0.465. The van der Waals surface area contributed by atoms with E-state index in [2.05, 4.69) is 29.3 Å². The van der Waals surface area contributed by atoms with Crippen LogP contribution in [0.4, 0.5) is 0 Å². The molecule has 0 fully saturated rings. The van der Waals surface area contributed by atoms with E-state index in [1.807, 2.05) is 0 Å². The van der Waals surface area contributed by atoms with Crippen LogP contribution in [0.5, 0.6) is 0 Å². The average molecular weight is 149 g/mol. The topological polar surface area (TPSA) is 3.24 Å². The summed E-state index contributed by atoms with van der Waals surface area (Å²) in [5, 5.41) is 0. The van der Waals surface area contributed by atoms with E-state index < -0.39 is 14.9 Å². The van der Waals surface area contributed by atoms with Crippen LogP contribution in [0.25, 0.3) is 0 Å². The van der Waals surface area contributed by atoms with Crippen LogP contribution in [0.2, 0.25) is 11.4 Å². The third kappa shape index (κ3) is 2.74. The Morgan fingerprint density at radius 1 is 1.17 bits per heavy atom. The molecule has 0 aromatic carbocycles. The number of rotatable bonds is 1. The normalized spacial score (nSPS) is 11.0. The van der Waals surface area contributed by atoms with Gasteiger partial charge in [-0.05, 0) is 0 Å². The zero-order valence-corrected chi connectivity index (χ0v) is 6.77. The summed E-state index contributed by atoms with van der Waals surface area (Å²) in [6.07, 6.45) is 0. The molecule has 0 aromatic rings. The van der Waals surface area contributed by atoms with Crippen LogP contribution in [0.15, 0.2) is 0 Å². The maximum atomic E-state index is 2.31. The van der Waals surface area contributed by atoms with Gasteiger partial charge in [-0.25, -0.2) is 0 Å². The van der Waals surface area contributed by atoms with Gasteiger partial charge in [0.1, 0.15) is 0 Å². The molecule has 0 unspecified atom stereocenters. The van der Waals surface area contributed by atoms with Gasteiger partial charge in [-0.15, -0.1) is 0 Å². The first-order chi connectivity index (χ1) is 2.64. The molecule has 6 heavy (non-hydrogen) atoms. The molecule has 0 heterocycles. The van der Waals surface area contributed by atoms with Gasteiger partial charge in [-0.3, -0.25) is 0 Å². The molecule has 0 aromatic heterocycles. The molecule has 0 spiro atoms. The molecule has 2 heteroatoms. The van der Waals surface area contributed by atoms with E-state index in [4.69, 9.17) is 0 Å². The first-order valence-corrected chi connectivity index (χ1v) is 6.58. The number of hydrogen-bond acceptors (Lipinski definition) is 1. The predicted molar refractivity (Wildman–Crippen MR) is 31.2 cm³/mol. The van der Waals surface area contributed by atoms with Crippen molar-refractivity contribution in [2.45, 2.75) is 11.4 Å². The van der Waals surface area contributed by atoms with Crippen LogP contribution < -0.4 is 0 Å². The van der Waals surface area contributed by atoms with E-state index in [-0.39, 0.29) is 0 Å². The molecule has 0 rings (SSSR count). The Kier molecular flexibility index (Phi) is 2.88. The Morgan fingerprint density at radius 2 is 1.33 bits per heavy atom. The minimum absolute atomic E-state index is 0.465. The standard InChI is InChI=1S/C4H12AsN/c1-5(2)6(3)4/h1-4H3. The van der Waals surface area contributed by atoms with Crippen LogP contribution in [-0.2, 0) is 0 Å². The van der Waals surface area contributed by atoms with Gasteiger partial charge in [0.15, 0.2) is 0 Å². The van der Waals surface area contributed by atoms with Gasteiger partial charge in [0.2, 0.25) is 0 Å². The third-order valence-corrected chi connectivity index (χ3v) is 4.16.